The quantitative estimate of drug-likeness (QED) is 0.600. The molecule has 1 aromatic heterocycles. The maximum Gasteiger partial charge on any atom is 0.340 e. The number of nitrogens with zero attached hydrogens (tertiary/aromatic N) is 3. The van der Waals surface area contributed by atoms with E-state index in [-0.39, 0.29) is 18.4 Å². The minimum atomic E-state index is -0.432. The SMILES string of the molecule is N#Cc1cc2c(nc1N1CCC(C(=O)NSCc3ccccc3)CC1)COC2=O. The van der Waals surface area contributed by atoms with Gasteiger partial charge in [-0.25, -0.2) is 9.78 Å². The van der Waals surface area contributed by atoms with Crippen LogP contribution in [-0.4, -0.2) is 29.9 Å². The summed E-state index contributed by atoms with van der Waals surface area (Å²) < 4.78 is 7.95. The van der Waals surface area contributed by atoms with E-state index >= 15 is 0 Å². The van der Waals surface area contributed by atoms with Crippen LogP contribution >= 0.6 is 11.9 Å². The Kier molecular flexibility index (Phi) is 5.67. The van der Waals surface area contributed by atoms with Crippen molar-refractivity contribution in [1.82, 2.24) is 9.71 Å². The van der Waals surface area contributed by atoms with Gasteiger partial charge in [0.2, 0.25) is 5.91 Å². The summed E-state index contributed by atoms with van der Waals surface area (Å²) >= 11 is 1.41. The van der Waals surface area contributed by atoms with E-state index in [0.717, 1.165) is 5.75 Å². The normalized spacial score (nSPS) is 16.1. The maximum absolute atomic E-state index is 12.5. The van der Waals surface area contributed by atoms with Crippen LogP contribution in [0.4, 0.5) is 5.82 Å². The third-order valence-electron chi connectivity index (χ3n) is 5.18. The number of ether oxygens (including phenoxy) is 1. The topological polar surface area (TPSA) is 95.3 Å². The fourth-order valence-electron chi connectivity index (χ4n) is 3.56. The zero-order valence-corrected chi connectivity index (χ0v) is 16.6. The molecule has 7 nitrogen and oxygen atoms in total. The Morgan fingerprint density at radius 2 is 2.07 bits per heavy atom. The van der Waals surface area contributed by atoms with Gasteiger partial charge in [-0.15, -0.1) is 0 Å². The predicted molar refractivity (Wildman–Crippen MR) is 109 cm³/mol. The molecule has 2 aliphatic rings. The van der Waals surface area contributed by atoms with E-state index in [0.29, 0.717) is 48.6 Å². The lowest BCUT2D eigenvalue weighted by Gasteiger charge is -2.32. The Labute approximate surface area is 173 Å². The summed E-state index contributed by atoms with van der Waals surface area (Å²) in [5.74, 6) is 0.865. The van der Waals surface area contributed by atoms with Gasteiger partial charge < -0.3 is 9.64 Å². The van der Waals surface area contributed by atoms with Crippen molar-refractivity contribution in [2.45, 2.75) is 25.2 Å². The lowest BCUT2D eigenvalue weighted by Crippen LogP contribution is -2.39. The molecular formula is C21H20N4O3S. The molecule has 1 fully saturated rings. The first-order valence-electron chi connectivity index (χ1n) is 9.47. The zero-order valence-electron chi connectivity index (χ0n) is 15.8. The first kappa shape index (κ1) is 19.3. The van der Waals surface area contributed by atoms with Gasteiger partial charge in [0.15, 0.2) is 0 Å². The molecule has 8 heteroatoms. The van der Waals surface area contributed by atoms with Gasteiger partial charge in [-0.2, -0.15) is 5.26 Å². The number of aromatic nitrogens is 1. The molecule has 0 atom stereocenters. The summed E-state index contributed by atoms with van der Waals surface area (Å²) in [4.78, 5) is 30.7. The van der Waals surface area contributed by atoms with Gasteiger partial charge in [0.05, 0.1) is 16.8 Å². The number of rotatable bonds is 5. The first-order valence-corrected chi connectivity index (χ1v) is 10.5. The van der Waals surface area contributed by atoms with E-state index in [1.54, 1.807) is 6.07 Å². The minimum absolute atomic E-state index is 0.0481. The highest BCUT2D eigenvalue weighted by atomic mass is 32.2. The van der Waals surface area contributed by atoms with Crippen molar-refractivity contribution in [3.05, 3.63) is 58.8 Å². The van der Waals surface area contributed by atoms with Crippen molar-refractivity contribution in [2.24, 2.45) is 5.92 Å². The van der Waals surface area contributed by atoms with Gasteiger partial charge in [0.25, 0.3) is 0 Å². The third kappa shape index (κ3) is 4.20. The van der Waals surface area contributed by atoms with Crippen LogP contribution in [0.1, 0.15) is 40.0 Å². The highest BCUT2D eigenvalue weighted by molar-refractivity contribution is 7.97. The molecule has 0 spiro atoms. The average molecular weight is 408 g/mol. The summed E-state index contributed by atoms with van der Waals surface area (Å²) in [5, 5.41) is 9.46. The van der Waals surface area contributed by atoms with Crippen molar-refractivity contribution >= 4 is 29.6 Å². The molecule has 4 rings (SSSR count). The van der Waals surface area contributed by atoms with Crippen LogP contribution in [-0.2, 0) is 21.9 Å². The molecule has 148 valence electrons. The largest absolute Gasteiger partial charge is 0.455 e. The van der Waals surface area contributed by atoms with Gasteiger partial charge in [-0.05, 0) is 36.4 Å². The molecule has 2 aliphatic heterocycles. The second kappa shape index (κ2) is 8.53. The molecule has 1 N–H and O–H groups in total. The smallest absolute Gasteiger partial charge is 0.340 e. The van der Waals surface area contributed by atoms with Crippen LogP contribution < -0.4 is 9.62 Å². The molecule has 0 saturated carbocycles. The van der Waals surface area contributed by atoms with Crippen LogP contribution in [0.2, 0.25) is 0 Å². The Bertz CT molecular complexity index is 966. The van der Waals surface area contributed by atoms with E-state index in [4.69, 9.17) is 4.74 Å². The van der Waals surface area contributed by atoms with Crippen molar-refractivity contribution in [3.8, 4) is 6.07 Å². The van der Waals surface area contributed by atoms with Gasteiger partial charge in [0.1, 0.15) is 18.5 Å². The predicted octanol–water partition coefficient (Wildman–Crippen LogP) is 2.80. The van der Waals surface area contributed by atoms with Crippen LogP contribution in [0.5, 0.6) is 0 Å². The Morgan fingerprint density at radius 3 is 2.79 bits per heavy atom. The lowest BCUT2D eigenvalue weighted by molar-refractivity contribution is -0.123. The summed E-state index contributed by atoms with van der Waals surface area (Å²) in [6.07, 6.45) is 1.38. The molecule has 29 heavy (non-hydrogen) atoms. The molecule has 1 amide bonds. The van der Waals surface area contributed by atoms with Crippen LogP contribution in [0, 0.1) is 17.2 Å². The number of esters is 1. The van der Waals surface area contributed by atoms with Gasteiger partial charge in [-0.1, -0.05) is 30.3 Å². The molecular weight excluding hydrogens is 388 g/mol. The van der Waals surface area contributed by atoms with E-state index in [1.165, 1.54) is 17.5 Å². The molecule has 3 heterocycles. The molecule has 0 aliphatic carbocycles. The highest BCUT2D eigenvalue weighted by Crippen LogP contribution is 2.29. The van der Waals surface area contributed by atoms with Gasteiger partial charge in [0, 0.05) is 24.8 Å². The second-order valence-corrected chi connectivity index (χ2v) is 7.83. The number of hydrogen-bond donors (Lipinski definition) is 1. The Hall–Kier alpha value is -3.05. The Balaban J connectivity index is 1.33. The third-order valence-corrected chi connectivity index (χ3v) is 6.00. The summed E-state index contributed by atoms with van der Waals surface area (Å²) in [5.41, 5.74) is 2.47. The first-order chi connectivity index (χ1) is 14.2. The van der Waals surface area contributed by atoms with Crippen molar-refractivity contribution in [1.29, 1.82) is 5.26 Å². The van der Waals surface area contributed by atoms with Crippen LogP contribution in [0.15, 0.2) is 36.4 Å². The fraction of sp³-hybridized carbons (Fsp3) is 0.333. The number of carbonyl (C=O) groups is 2. The standard InChI is InChI=1S/C21H20N4O3S/c22-11-16-10-17-18(12-28-21(17)27)23-19(16)25-8-6-15(7-9-25)20(26)24-29-13-14-4-2-1-3-5-14/h1-5,10,15H,6-9,12-13H2,(H,24,26). The van der Waals surface area contributed by atoms with E-state index in [2.05, 4.69) is 15.8 Å². The second-order valence-electron chi connectivity index (χ2n) is 7.04. The molecule has 1 saturated heterocycles. The van der Waals surface area contributed by atoms with Crippen LogP contribution in [0.3, 0.4) is 0 Å². The number of amides is 1. The number of carbonyl (C=O) groups excluding carboxylic acids is 2. The Morgan fingerprint density at radius 1 is 1.31 bits per heavy atom. The number of cyclic esters (lactones) is 1. The number of fused-ring (bicyclic) bond motifs is 1. The molecule has 2 aromatic rings. The van der Waals surface area contributed by atoms with Crippen molar-refractivity contribution < 1.29 is 14.3 Å². The molecule has 0 bridgehead atoms. The number of nitrogens with one attached hydrogen (secondary N) is 1. The molecule has 1 aromatic carbocycles. The number of benzene rings is 1. The number of piperidine rings is 1. The highest BCUT2D eigenvalue weighted by Gasteiger charge is 2.30. The lowest BCUT2D eigenvalue weighted by atomic mass is 9.96. The van der Waals surface area contributed by atoms with E-state index in [9.17, 15) is 14.9 Å². The zero-order chi connectivity index (χ0) is 20.2. The average Bonchev–Trinajstić information content (AvgIpc) is 3.13. The van der Waals surface area contributed by atoms with Gasteiger partial charge >= 0.3 is 5.97 Å². The van der Waals surface area contributed by atoms with E-state index in [1.807, 2.05) is 35.2 Å². The number of pyridine rings is 1. The monoisotopic (exact) mass is 408 g/mol. The summed E-state index contributed by atoms with van der Waals surface area (Å²) in [6, 6.07) is 13.7. The summed E-state index contributed by atoms with van der Waals surface area (Å²) in [6.45, 7) is 1.41. The summed E-state index contributed by atoms with van der Waals surface area (Å²) in [7, 11) is 0. The van der Waals surface area contributed by atoms with Crippen molar-refractivity contribution in [3.63, 3.8) is 0 Å². The van der Waals surface area contributed by atoms with E-state index < -0.39 is 5.97 Å². The maximum atomic E-state index is 12.5. The number of hydrogen-bond acceptors (Lipinski definition) is 7. The fourth-order valence-corrected chi connectivity index (χ4v) is 4.30. The van der Waals surface area contributed by atoms with Gasteiger partial charge in [-0.3, -0.25) is 9.52 Å². The van der Waals surface area contributed by atoms with Crippen molar-refractivity contribution in [2.75, 3.05) is 18.0 Å². The molecule has 0 unspecified atom stereocenters. The van der Waals surface area contributed by atoms with Crippen LogP contribution in [0.25, 0.3) is 0 Å². The number of nitriles is 1. The molecule has 0 radical (unpaired) electrons. The number of anilines is 1. The minimum Gasteiger partial charge on any atom is -0.455 e.